The molecule has 0 spiro atoms. The van der Waals surface area contributed by atoms with E-state index in [2.05, 4.69) is 17.2 Å². The molecular formula is C16H14ClNO2S. The zero-order valence-corrected chi connectivity index (χ0v) is 13.0. The number of nitrogens with one attached hydrogen (secondary N) is 1. The highest BCUT2D eigenvalue weighted by molar-refractivity contribution is 7.18. The first kappa shape index (κ1) is 15.6. The Hall–Kier alpha value is -1.80. The summed E-state index contributed by atoms with van der Waals surface area (Å²) in [4.78, 5) is 12.7. The Kier molecular flexibility index (Phi) is 5.40. The number of amides is 1. The van der Waals surface area contributed by atoms with Gasteiger partial charge in [0.1, 0.15) is 0 Å². The summed E-state index contributed by atoms with van der Waals surface area (Å²) < 4.78 is 0.576. The highest BCUT2D eigenvalue weighted by atomic mass is 35.5. The molecular weight excluding hydrogens is 306 g/mol. The molecule has 0 fully saturated rings. The number of thiophene rings is 1. The van der Waals surface area contributed by atoms with Gasteiger partial charge in [-0.1, -0.05) is 29.5 Å². The summed E-state index contributed by atoms with van der Waals surface area (Å²) in [5.41, 5.74) is 2.42. The van der Waals surface area contributed by atoms with Gasteiger partial charge in [0.15, 0.2) is 0 Å². The number of aliphatic hydroxyl groups is 1. The van der Waals surface area contributed by atoms with Crippen LogP contribution in [0.1, 0.15) is 27.2 Å². The maximum atomic E-state index is 12.2. The SMILES string of the molecule is Cc1ccc(C#CCCO)c(NC(=O)c2ccc(Cl)s2)c1. The van der Waals surface area contributed by atoms with Crippen LogP contribution in [-0.2, 0) is 0 Å². The minimum Gasteiger partial charge on any atom is -0.395 e. The van der Waals surface area contributed by atoms with E-state index in [9.17, 15) is 4.79 Å². The molecule has 0 unspecified atom stereocenters. The second kappa shape index (κ2) is 7.28. The van der Waals surface area contributed by atoms with Gasteiger partial charge >= 0.3 is 0 Å². The van der Waals surface area contributed by atoms with Crippen molar-refractivity contribution in [2.75, 3.05) is 11.9 Å². The van der Waals surface area contributed by atoms with Crippen molar-refractivity contribution in [2.24, 2.45) is 0 Å². The number of benzene rings is 1. The first-order chi connectivity index (χ1) is 10.1. The van der Waals surface area contributed by atoms with E-state index in [1.807, 2.05) is 25.1 Å². The summed E-state index contributed by atoms with van der Waals surface area (Å²) >= 11 is 7.07. The number of carbonyl (C=O) groups excluding carboxylic acids is 1. The molecule has 0 saturated heterocycles. The zero-order chi connectivity index (χ0) is 15.2. The molecule has 2 aromatic rings. The predicted molar refractivity (Wildman–Crippen MR) is 87.0 cm³/mol. The Morgan fingerprint density at radius 3 is 2.86 bits per heavy atom. The molecule has 108 valence electrons. The number of hydrogen-bond acceptors (Lipinski definition) is 3. The highest BCUT2D eigenvalue weighted by Crippen LogP contribution is 2.23. The summed E-state index contributed by atoms with van der Waals surface area (Å²) in [6.45, 7) is 1.97. The van der Waals surface area contributed by atoms with Crippen LogP contribution in [0.25, 0.3) is 0 Å². The smallest absolute Gasteiger partial charge is 0.265 e. The van der Waals surface area contributed by atoms with Gasteiger partial charge in [0.2, 0.25) is 0 Å². The molecule has 0 saturated carbocycles. The fraction of sp³-hybridized carbons (Fsp3) is 0.188. The van der Waals surface area contributed by atoms with E-state index in [1.54, 1.807) is 12.1 Å². The van der Waals surface area contributed by atoms with Gasteiger partial charge in [-0.25, -0.2) is 0 Å². The molecule has 1 aromatic carbocycles. The van der Waals surface area contributed by atoms with Crippen LogP contribution in [0, 0.1) is 18.8 Å². The van der Waals surface area contributed by atoms with E-state index in [-0.39, 0.29) is 12.5 Å². The van der Waals surface area contributed by atoms with Crippen LogP contribution < -0.4 is 5.32 Å². The molecule has 0 radical (unpaired) electrons. The van der Waals surface area contributed by atoms with Crippen molar-refractivity contribution in [3.63, 3.8) is 0 Å². The number of aliphatic hydroxyl groups excluding tert-OH is 1. The molecule has 0 aliphatic heterocycles. The lowest BCUT2D eigenvalue weighted by Gasteiger charge is -2.07. The Labute approximate surface area is 132 Å². The Morgan fingerprint density at radius 2 is 2.19 bits per heavy atom. The van der Waals surface area contributed by atoms with Crippen molar-refractivity contribution in [2.45, 2.75) is 13.3 Å². The van der Waals surface area contributed by atoms with Gasteiger partial charge in [0.05, 0.1) is 21.5 Å². The van der Waals surface area contributed by atoms with Crippen molar-refractivity contribution in [3.8, 4) is 11.8 Å². The van der Waals surface area contributed by atoms with E-state index in [4.69, 9.17) is 16.7 Å². The van der Waals surface area contributed by atoms with E-state index in [0.29, 0.717) is 21.3 Å². The lowest BCUT2D eigenvalue weighted by Crippen LogP contribution is -2.11. The fourth-order valence-corrected chi connectivity index (χ4v) is 2.64. The number of carbonyl (C=O) groups is 1. The van der Waals surface area contributed by atoms with Crippen molar-refractivity contribution >= 4 is 34.5 Å². The Balaban J connectivity index is 2.24. The summed E-state index contributed by atoms with van der Waals surface area (Å²) in [6.07, 6.45) is 0.405. The van der Waals surface area contributed by atoms with Crippen LogP contribution in [-0.4, -0.2) is 17.6 Å². The second-order valence-corrected chi connectivity index (χ2v) is 6.10. The molecule has 1 heterocycles. The van der Waals surface area contributed by atoms with Crippen LogP contribution >= 0.6 is 22.9 Å². The normalized spacial score (nSPS) is 9.86. The molecule has 21 heavy (non-hydrogen) atoms. The third-order valence-corrected chi connectivity index (χ3v) is 3.91. The van der Waals surface area contributed by atoms with Crippen molar-refractivity contribution < 1.29 is 9.90 Å². The van der Waals surface area contributed by atoms with Gasteiger partial charge in [-0.3, -0.25) is 4.79 Å². The largest absolute Gasteiger partial charge is 0.395 e. The van der Waals surface area contributed by atoms with Gasteiger partial charge < -0.3 is 10.4 Å². The number of aryl methyl sites for hydroxylation is 1. The molecule has 1 amide bonds. The van der Waals surface area contributed by atoms with Crippen molar-refractivity contribution in [3.05, 3.63) is 50.7 Å². The average molecular weight is 320 g/mol. The van der Waals surface area contributed by atoms with Gasteiger partial charge in [0, 0.05) is 12.0 Å². The molecule has 2 rings (SSSR count). The lowest BCUT2D eigenvalue weighted by atomic mass is 10.1. The average Bonchev–Trinajstić information content (AvgIpc) is 2.88. The standard InChI is InChI=1S/C16H14ClNO2S/c1-11-5-6-12(4-2-3-9-19)13(10-11)18-16(20)14-7-8-15(17)21-14/h5-8,10,19H,3,9H2,1H3,(H,18,20). The molecule has 0 atom stereocenters. The van der Waals surface area contributed by atoms with Gasteiger partial charge in [-0.05, 0) is 36.8 Å². The topological polar surface area (TPSA) is 49.3 Å². The molecule has 5 heteroatoms. The van der Waals surface area contributed by atoms with E-state index >= 15 is 0 Å². The van der Waals surface area contributed by atoms with E-state index in [1.165, 1.54) is 11.3 Å². The second-order valence-electron chi connectivity index (χ2n) is 4.38. The first-order valence-electron chi connectivity index (χ1n) is 6.37. The van der Waals surface area contributed by atoms with Crippen LogP contribution in [0.5, 0.6) is 0 Å². The zero-order valence-electron chi connectivity index (χ0n) is 11.4. The molecule has 0 aliphatic rings. The monoisotopic (exact) mass is 319 g/mol. The first-order valence-corrected chi connectivity index (χ1v) is 7.56. The third kappa shape index (κ3) is 4.33. The van der Waals surface area contributed by atoms with Crippen LogP contribution in [0.15, 0.2) is 30.3 Å². The number of rotatable bonds is 3. The summed E-state index contributed by atoms with van der Waals surface area (Å²) in [5, 5.41) is 11.6. The van der Waals surface area contributed by atoms with Crippen molar-refractivity contribution in [1.82, 2.24) is 0 Å². The van der Waals surface area contributed by atoms with Gasteiger partial charge in [0.25, 0.3) is 5.91 Å². The summed E-state index contributed by atoms with van der Waals surface area (Å²) in [5.74, 6) is 5.61. The molecule has 1 aromatic heterocycles. The number of hydrogen-bond donors (Lipinski definition) is 2. The predicted octanol–water partition coefficient (Wildman–Crippen LogP) is 3.70. The minimum absolute atomic E-state index is 0.0221. The van der Waals surface area contributed by atoms with Crippen molar-refractivity contribution in [1.29, 1.82) is 0 Å². The minimum atomic E-state index is -0.206. The number of anilines is 1. The molecule has 3 nitrogen and oxygen atoms in total. The van der Waals surface area contributed by atoms with Crippen LogP contribution in [0.3, 0.4) is 0 Å². The quantitative estimate of drug-likeness (QED) is 0.848. The van der Waals surface area contributed by atoms with E-state index in [0.717, 1.165) is 11.1 Å². The fourth-order valence-electron chi connectivity index (χ4n) is 1.70. The van der Waals surface area contributed by atoms with Crippen LogP contribution in [0.2, 0.25) is 4.34 Å². The van der Waals surface area contributed by atoms with Gasteiger partial charge in [-0.2, -0.15) is 0 Å². The number of halogens is 1. The highest BCUT2D eigenvalue weighted by Gasteiger charge is 2.11. The molecule has 0 bridgehead atoms. The maximum absolute atomic E-state index is 12.2. The van der Waals surface area contributed by atoms with Gasteiger partial charge in [-0.15, -0.1) is 11.3 Å². The molecule has 0 aliphatic carbocycles. The lowest BCUT2D eigenvalue weighted by molar-refractivity contribution is 0.103. The summed E-state index contributed by atoms with van der Waals surface area (Å²) in [6, 6.07) is 9.04. The third-order valence-electron chi connectivity index (χ3n) is 2.68. The van der Waals surface area contributed by atoms with E-state index < -0.39 is 0 Å². The van der Waals surface area contributed by atoms with Crippen LogP contribution in [0.4, 0.5) is 5.69 Å². The maximum Gasteiger partial charge on any atom is 0.265 e. The molecule has 2 N–H and O–H groups in total. The Morgan fingerprint density at radius 1 is 1.38 bits per heavy atom. The summed E-state index contributed by atoms with van der Waals surface area (Å²) in [7, 11) is 0. The Bertz CT molecular complexity index is 713.